The van der Waals surface area contributed by atoms with Crippen LogP contribution < -0.4 is 10.6 Å². The molecule has 0 aromatic heterocycles. The highest BCUT2D eigenvalue weighted by molar-refractivity contribution is 5.99. The Morgan fingerprint density at radius 3 is 2.63 bits per heavy atom. The summed E-state index contributed by atoms with van der Waals surface area (Å²) in [7, 11) is 2.24. The maximum Gasteiger partial charge on any atom is 0.323 e. The van der Waals surface area contributed by atoms with E-state index in [0.29, 0.717) is 0 Å². The minimum Gasteiger partial charge on any atom is -0.308 e. The third-order valence-corrected chi connectivity index (χ3v) is 5.29. The van der Waals surface area contributed by atoms with Gasteiger partial charge in [-0.1, -0.05) is 37.6 Å². The molecule has 1 atom stereocenters. The number of hydrogen-bond acceptors (Lipinski definition) is 2. The fourth-order valence-corrected chi connectivity index (χ4v) is 3.84. The Kier molecular flexibility index (Phi) is 6.88. The van der Waals surface area contributed by atoms with Gasteiger partial charge in [0, 0.05) is 17.9 Å². The number of benzene rings is 2. The summed E-state index contributed by atoms with van der Waals surface area (Å²) in [4.78, 5) is 14.7. The normalized spacial score (nSPS) is 16.0. The summed E-state index contributed by atoms with van der Waals surface area (Å²) >= 11 is 0. The Morgan fingerprint density at radius 1 is 1.07 bits per heavy atom. The summed E-state index contributed by atoms with van der Waals surface area (Å²) < 4.78 is 0. The summed E-state index contributed by atoms with van der Waals surface area (Å²) in [5, 5.41) is 5.81. The van der Waals surface area contributed by atoms with E-state index in [4.69, 9.17) is 0 Å². The van der Waals surface area contributed by atoms with Gasteiger partial charge < -0.3 is 15.5 Å². The van der Waals surface area contributed by atoms with E-state index >= 15 is 0 Å². The highest BCUT2D eigenvalue weighted by Crippen LogP contribution is 2.28. The van der Waals surface area contributed by atoms with Crippen molar-refractivity contribution in [3.05, 3.63) is 59.7 Å². The minimum absolute atomic E-state index is 0.201. The molecule has 1 aliphatic carbocycles. The monoisotopic (exact) mass is 365 g/mol. The van der Waals surface area contributed by atoms with E-state index in [0.717, 1.165) is 30.1 Å². The fraction of sp³-hybridized carbons (Fsp3) is 0.435. The van der Waals surface area contributed by atoms with Crippen molar-refractivity contribution in [1.82, 2.24) is 4.90 Å². The van der Waals surface area contributed by atoms with Crippen molar-refractivity contribution < 1.29 is 4.79 Å². The van der Waals surface area contributed by atoms with Gasteiger partial charge in [0.25, 0.3) is 0 Å². The van der Waals surface area contributed by atoms with E-state index in [1.807, 2.05) is 36.4 Å². The Labute approximate surface area is 163 Å². The second kappa shape index (κ2) is 9.56. The molecule has 27 heavy (non-hydrogen) atoms. The number of unbranched alkanes of at least 4 members (excludes halogenated alkanes) is 1. The van der Waals surface area contributed by atoms with Gasteiger partial charge >= 0.3 is 6.03 Å². The molecule has 0 spiro atoms. The van der Waals surface area contributed by atoms with Gasteiger partial charge in [0.1, 0.15) is 0 Å². The molecule has 3 rings (SSSR count). The van der Waals surface area contributed by atoms with Gasteiger partial charge in [0.05, 0.1) is 0 Å². The first-order chi connectivity index (χ1) is 13.1. The van der Waals surface area contributed by atoms with Gasteiger partial charge in [0.15, 0.2) is 0 Å². The zero-order valence-electron chi connectivity index (χ0n) is 16.5. The lowest BCUT2D eigenvalue weighted by Gasteiger charge is -2.29. The lowest BCUT2D eigenvalue weighted by molar-refractivity contribution is 0.257. The van der Waals surface area contributed by atoms with Crippen molar-refractivity contribution >= 4 is 17.4 Å². The molecule has 0 radical (unpaired) electrons. The van der Waals surface area contributed by atoms with Crippen LogP contribution in [-0.2, 0) is 12.8 Å². The Balaban J connectivity index is 1.54. The quantitative estimate of drug-likeness (QED) is 0.711. The fourth-order valence-electron chi connectivity index (χ4n) is 3.84. The summed E-state index contributed by atoms with van der Waals surface area (Å²) in [5.41, 5.74) is 4.47. The van der Waals surface area contributed by atoms with Crippen molar-refractivity contribution in [3.8, 4) is 0 Å². The molecule has 2 aromatic rings. The number of rotatable bonds is 7. The van der Waals surface area contributed by atoms with E-state index in [1.165, 1.54) is 43.5 Å². The molecule has 144 valence electrons. The number of fused-ring (bicyclic) bond motifs is 1. The Bertz CT molecular complexity index is 745. The molecule has 2 amide bonds. The molecule has 0 saturated heterocycles. The molecule has 0 aliphatic heterocycles. The summed E-state index contributed by atoms with van der Waals surface area (Å²) in [6.45, 7) is 4.62. The maximum absolute atomic E-state index is 12.2. The smallest absolute Gasteiger partial charge is 0.308 e. The van der Waals surface area contributed by atoms with Gasteiger partial charge in [-0.2, -0.15) is 0 Å². The molecule has 1 unspecified atom stereocenters. The average molecular weight is 366 g/mol. The maximum atomic E-state index is 12.2. The largest absolute Gasteiger partial charge is 0.323 e. The predicted molar refractivity (Wildman–Crippen MR) is 113 cm³/mol. The molecule has 4 heteroatoms. The Morgan fingerprint density at radius 2 is 1.85 bits per heavy atom. The van der Waals surface area contributed by atoms with Crippen molar-refractivity contribution in [3.63, 3.8) is 0 Å². The standard InChI is InChI=1S/C23H31N3O/c1-3-4-14-26(2)17-18-10-11-20-16-22(13-12-19(20)15-18)25-23(27)24-21-8-6-5-7-9-21/h5-9,12-13,16,18H,3-4,10-11,14-15,17H2,1-2H3,(H2,24,25,27). The van der Waals surface area contributed by atoms with Gasteiger partial charge in [-0.05, 0) is 80.6 Å². The molecule has 4 nitrogen and oxygen atoms in total. The molecule has 1 aliphatic rings. The lowest BCUT2D eigenvalue weighted by Crippen LogP contribution is -2.30. The molecule has 2 N–H and O–H groups in total. The van der Waals surface area contributed by atoms with Crippen LogP contribution in [0.4, 0.5) is 16.2 Å². The number of amides is 2. The van der Waals surface area contributed by atoms with E-state index in [-0.39, 0.29) is 6.03 Å². The molecule has 0 fully saturated rings. The second-order valence-electron chi connectivity index (χ2n) is 7.65. The van der Waals surface area contributed by atoms with Crippen LogP contribution in [0.2, 0.25) is 0 Å². The van der Waals surface area contributed by atoms with E-state index < -0.39 is 0 Å². The summed E-state index contributed by atoms with van der Waals surface area (Å²) in [6, 6.07) is 15.6. The van der Waals surface area contributed by atoms with Crippen LogP contribution in [0.1, 0.15) is 37.3 Å². The van der Waals surface area contributed by atoms with Crippen LogP contribution in [0.5, 0.6) is 0 Å². The first-order valence-electron chi connectivity index (χ1n) is 10.1. The zero-order chi connectivity index (χ0) is 19.1. The number of aryl methyl sites for hydroxylation is 1. The van der Waals surface area contributed by atoms with Gasteiger partial charge in [-0.15, -0.1) is 0 Å². The average Bonchev–Trinajstić information content (AvgIpc) is 2.67. The number of hydrogen-bond donors (Lipinski definition) is 2. The summed E-state index contributed by atoms with van der Waals surface area (Å²) in [5.74, 6) is 0.736. The number of nitrogens with one attached hydrogen (secondary N) is 2. The molecule has 0 heterocycles. The third-order valence-electron chi connectivity index (χ3n) is 5.29. The summed E-state index contributed by atoms with van der Waals surface area (Å²) in [6.07, 6.45) is 5.99. The van der Waals surface area contributed by atoms with Crippen LogP contribution in [0.3, 0.4) is 0 Å². The van der Waals surface area contributed by atoms with Crippen molar-refractivity contribution in [2.75, 3.05) is 30.8 Å². The second-order valence-corrected chi connectivity index (χ2v) is 7.65. The van der Waals surface area contributed by atoms with E-state index in [9.17, 15) is 4.79 Å². The highest BCUT2D eigenvalue weighted by Gasteiger charge is 2.20. The molecular formula is C23H31N3O. The predicted octanol–water partition coefficient (Wildman–Crippen LogP) is 5.17. The van der Waals surface area contributed by atoms with Crippen LogP contribution >= 0.6 is 0 Å². The SMILES string of the molecule is CCCCN(C)CC1CCc2cc(NC(=O)Nc3ccccc3)ccc2C1. The van der Waals surface area contributed by atoms with Gasteiger partial charge in [-0.25, -0.2) is 4.79 Å². The number of urea groups is 1. The number of nitrogens with zero attached hydrogens (tertiary/aromatic N) is 1. The molecular weight excluding hydrogens is 334 g/mol. The Hall–Kier alpha value is -2.33. The first kappa shape index (κ1) is 19.4. The van der Waals surface area contributed by atoms with Crippen LogP contribution in [-0.4, -0.2) is 31.1 Å². The van der Waals surface area contributed by atoms with Gasteiger partial charge in [-0.3, -0.25) is 0 Å². The van der Waals surface area contributed by atoms with Crippen molar-refractivity contribution in [2.45, 2.75) is 39.0 Å². The van der Waals surface area contributed by atoms with Crippen LogP contribution in [0, 0.1) is 5.92 Å². The molecule has 0 saturated carbocycles. The first-order valence-corrected chi connectivity index (χ1v) is 10.1. The number of para-hydroxylation sites is 1. The van der Waals surface area contributed by atoms with E-state index in [2.05, 4.69) is 41.6 Å². The van der Waals surface area contributed by atoms with E-state index in [1.54, 1.807) is 0 Å². The number of carbonyl (C=O) groups excluding carboxylic acids is 1. The van der Waals surface area contributed by atoms with Gasteiger partial charge in [0.2, 0.25) is 0 Å². The van der Waals surface area contributed by atoms with Crippen LogP contribution in [0.15, 0.2) is 48.5 Å². The molecule has 0 bridgehead atoms. The lowest BCUT2D eigenvalue weighted by atomic mass is 9.83. The number of carbonyl (C=O) groups is 1. The minimum atomic E-state index is -0.201. The third kappa shape index (κ3) is 5.83. The topological polar surface area (TPSA) is 44.4 Å². The highest BCUT2D eigenvalue weighted by atomic mass is 16.2. The van der Waals surface area contributed by atoms with Crippen LogP contribution in [0.25, 0.3) is 0 Å². The number of anilines is 2. The molecule has 2 aromatic carbocycles. The van der Waals surface area contributed by atoms with Crippen molar-refractivity contribution in [1.29, 1.82) is 0 Å². The zero-order valence-corrected chi connectivity index (χ0v) is 16.5. The van der Waals surface area contributed by atoms with Crippen molar-refractivity contribution in [2.24, 2.45) is 5.92 Å².